The first-order valence-corrected chi connectivity index (χ1v) is 5.73. The maximum absolute atomic E-state index is 10.8. The predicted molar refractivity (Wildman–Crippen MR) is 64.2 cm³/mol. The van der Waals surface area contributed by atoms with Crippen LogP contribution in [-0.4, -0.2) is 11.1 Å². The third-order valence-corrected chi connectivity index (χ3v) is 3.18. The number of carboxylic acid groups (broad SMARTS) is 1. The molecule has 1 aromatic carbocycles. The van der Waals surface area contributed by atoms with Crippen LogP contribution in [0.5, 0.6) is 0 Å². The van der Waals surface area contributed by atoms with Crippen LogP contribution in [0.1, 0.15) is 37.3 Å². The first-order valence-electron chi connectivity index (χ1n) is 5.73. The van der Waals surface area contributed by atoms with Crippen molar-refractivity contribution >= 4 is 11.5 Å². The molecule has 1 aromatic rings. The van der Waals surface area contributed by atoms with E-state index in [4.69, 9.17) is 5.11 Å². The van der Waals surface area contributed by atoms with Crippen molar-refractivity contribution < 1.29 is 9.90 Å². The van der Waals surface area contributed by atoms with Gasteiger partial charge in [0.2, 0.25) is 0 Å². The van der Waals surface area contributed by atoms with Crippen LogP contribution in [-0.2, 0) is 11.2 Å². The maximum atomic E-state index is 10.8. The molecule has 0 fully saturated rings. The van der Waals surface area contributed by atoms with E-state index in [1.54, 1.807) is 0 Å². The first kappa shape index (κ1) is 10.9. The molecule has 0 atom stereocenters. The molecule has 0 aliphatic heterocycles. The monoisotopic (exact) mass is 216 g/mol. The van der Waals surface area contributed by atoms with Crippen molar-refractivity contribution in [3.63, 3.8) is 0 Å². The van der Waals surface area contributed by atoms with Crippen LogP contribution in [0, 0.1) is 0 Å². The third kappa shape index (κ3) is 2.01. The number of aryl methyl sites for hydroxylation is 1. The summed E-state index contributed by atoms with van der Waals surface area (Å²) in [7, 11) is 0. The van der Waals surface area contributed by atoms with Gasteiger partial charge in [-0.25, -0.2) is 0 Å². The Balaban J connectivity index is 2.44. The summed E-state index contributed by atoms with van der Waals surface area (Å²) in [6.45, 7) is 2.10. The SMILES string of the molecule is CCC1=C(CC(=O)O)CCc2ccccc21. The molecular weight excluding hydrogens is 200 g/mol. The molecule has 0 heterocycles. The number of allylic oxidation sites excluding steroid dienone is 1. The molecule has 1 N–H and O–H groups in total. The largest absolute Gasteiger partial charge is 0.481 e. The minimum absolute atomic E-state index is 0.192. The lowest BCUT2D eigenvalue weighted by atomic mass is 9.83. The van der Waals surface area contributed by atoms with Gasteiger partial charge in [-0.2, -0.15) is 0 Å². The molecule has 0 bridgehead atoms. The number of fused-ring (bicyclic) bond motifs is 1. The van der Waals surface area contributed by atoms with Crippen molar-refractivity contribution in [2.75, 3.05) is 0 Å². The lowest BCUT2D eigenvalue weighted by molar-refractivity contribution is -0.136. The smallest absolute Gasteiger partial charge is 0.307 e. The van der Waals surface area contributed by atoms with Gasteiger partial charge in [0.05, 0.1) is 6.42 Å². The second-order valence-electron chi connectivity index (χ2n) is 4.16. The number of hydrogen-bond acceptors (Lipinski definition) is 1. The molecule has 0 radical (unpaired) electrons. The Morgan fingerprint density at radius 2 is 2.06 bits per heavy atom. The number of benzene rings is 1. The molecule has 16 heavy (non-hydrogen) atoms. The fourth-order valence-electron chi connectivity index (χ4n) is 2.48. The number of hydrogen-bond donors (Lipinski definition) is 1. The predicted octanol–water partition coefficient (Wildman–Crippen LogP) is 3.27. The molecule has 0 saturated heterocycles. The standard InChI is InChI=1S/C14H16O2/c1-2-12-11(9-14(15)16)8-7-10-5-3-4-6-13(10)12/h3-6H,2,7-9H2,1H3,(H,15,16). The Hall–Kier alpha value is -1.57. The van der Waals surface area contributed by atoms with Gasteiger partial charge in [0, 0.05) is 0 Å². The summed E-state index contributed by atoms with van der Waals surface area (Å²) in [6.07, 6.45) is 2.98. The average Bonchev–Trinajstić information content (AvgIpc) is 2.28. The molecule has 2 rings (SSSR count). The summed E-state index contributed by atoms with van der Waals surface area (Å²) in [6, 6.07) is 8.32. The van der Waals surface area contributed by atoms with Gasteiger partial charge in [0.1, 0.15) is 0 Å². The Morgan fingerprint density at radius 1 is 1.31 bits per heavy atom. The Morgan fingerprint density at radius 3 is 2.75 bits per heavy atom. The van der Waals surface area contributed by atoms with Crippen molar-refractivity contribution in [1.29, 1.82) is 0 Å². The molecule has 0 aromatic heterocycles. The van der Waals surface area contributed by atoms with Crippen molar-refractivity contribution in [3.8, 4) is 0 Å². The summed E-state index contributed by atoms with van der Waals surface area (Å²) in [5.41, 5.74) is 4.96. The molecule has 2 nitrogen and oxygen atoms in total. The molecule has 0 unspecified atom stereocenters. The molecule has 0 spiro atoms. The average molecular weight is 216 g/mol. The highest BCUT2D eigenvalue weighted by molar-refractivity contribution is 5.79. The molecule has 0 amide bonds. The van der Waals surface area contributed by atoms with Crippen LogP contribution in [0.25, 0.3) is 5.57 Å². The molecule has 0 saturated carbocycles. The zero-order valence-electron chi connectivity index (χ0n) is 9.49. The highest BCUT2D eigenvalue weighted by Gasteiger charge is 2.18. The number of rotatable bonds is 3. The lowest BCUT2D eigenvalue weighted by Crippen LogP contribution is -2.08. The van der Waals surface area contributed by atoms with E-state index in [1.807, 2.05) is 12.1 Å². The van der Waals surface area contributed by atoms with Crippen LogP contribution >= 0.6 is 0 Å². The first-order chi connectivity index (χ1) is 7.72. The number of carbonyl (C=O) groups is 1. The summed E-state index contributed by atoms with van der Waals surface area (Å²) >= 11 is 0. The minimum Gasteiger partial charge on any atom is -0.481 e. The van der Waals surface area contributed by atoms with Gasteiger partial charge in [0.25, 0.3) is 0 Å². The fraction of sp³-hybridized carbons (Fsp3) is 0.357. The summed E-state index contributed by atoms with van der Waals surface area (Å²) < 4.78 is 0. The molecular formula is C14H16O2. The van der Waals surface area contributed by atoms with Crippen molar-refractivity contribution in [3.05, 3.63) is 41.0 Å². The van der Waals surface area contributed by atoms with Crippen LogP contribution in [0.3, 0.4) is 0 Å². The van der Waals surface area contributed by atoms with Crippen molar-refractivity contribution in [2.24, 2.45) is 0 Å². The van der Waals surface area contributed by atoms with Gasteiger partial charge < -0.3 is 5.11 Å². The van der Waals surface area contributed by atoms with E-state index >= 15 is 0 Å². The van der Waals surface area contributed by atoms with E-state index in [-0.39, 0.29) is 6.42 Å². The van der Waals surface area contributed by atoms with Crippen molar-refractivity contribution in [2.45, 2.75) is 32.6 Å². The van der Waals surface area contributed by atoms with E-state index in [0.717, 1.165) is 24.8 Å². The van der Waals surface area contributed by atoms with Gasteiger partial charge in [0.15, 0.2) is 0 Å². The Labute approximate surface area is 95.6 Å². The number of aliphatic carboxylic acids is 1. The molecule has 1 aliphatic rings. The van der Waals surface area contributed by atoms with E-state index in [0.29, 0.717) is 0 Å². The summed E-state index contributed by atoms with van der Waals surface area (Å²) in [5, 5.41) is 8.89. The minimum atomic E-state index is -0.722. The molecule has 1 aliphatic carbocycles. The third-order valence-electron chi connectivity index (χ3n) is 3.18. The Bertz CT molecular complexity index is 444. The van der Waals surface area contributed by atoms with Gasteiger partial charge in [-0.3, -0.25) is 4.79 Å². The molecule has 2 heteroatoms. The van der Waals surface area contributed by atoms with E-state index in [2.05, 4.69) is 19.1 Å². The van der Waals surface area contributed by atoms with E-state index in [1.165, 1.54) is 16.7 Å². The quantitative estimate of drug-likeness (QED) is 0.842. The van der Waals surface area contributed by atoms with Crippen molar-refractivity contribution in [1.82, 2.24) is 0 Å². The number of carboxylic acids is 1. The maximum Gasteiger partial charge on any atom is 0.307 e. The summed E-state index contributed by atoms with van der Waals surface area (Å²) in [4.78, 5) is 10.8. The van der Waals surface area contributed by atoms with Crippen LogP contribution in [0.2, 0.25) is 0 Å². The summed E-state index contributed by atoms with van der Waals surface area (Å²) in [5.74, 6) is -0.722. The van der Waals surface area contributed by atoms with E-state index < -0.39 is 5.97 Å². The zero-order chi connectivity index (χ0) is 11.5. The van der Waals surface area contributed by atoms with Gasteiger partial charge in [-0.05, 0) is 36.0 Å². The molecule has 84 valence electrons. The lowest BCUT2D eigenvalue weighted by Gasteiger charge is -2.22. The van der Waals surface area contributed by atoms with E-state index in [9.17, 15) is 4.79 Å². The van der Waals surface area contributed by atoms with Gasteiger partial charge in [-0.15, -0.1) is 0 Å². The van der Waals surface area contributed by atoms with Crippen LogP contribution in [0.4, 0.5) is 0 Å². The topological polar surface area (TPSA) is 37.3 Å². The Kier molecular flexibility index (Phi) is 3.09. The second kappa shape index (κ2) is 4.52. The van der Waals surface area contributed by atoms with Crippen LogP contribution < -0.4 is 0 Å². The highest BCUT2D eigenvalue weighted by Crippen LogP contribution is 2.34. The second-order valence-corrected chi connectivity index (χ2v) is 4.16. The normalized spacial score (nSPS) is 14.8. The van der Waals surface area contributed by atoms with Gasteiger partial charge in [-0.1, -0.05) is 36.8 Å². The highest BCUT2D eigenvalue weighted by atomic mass is 16.4. The zero-order valence-corrected chi connectivity index (χ0v) is 9.49. The fourth-order valence-corrected chi connectivity index (χ4v) is 2.48. The van der Waals surface area contributed by atoms with Crippen LogP contribution in [0.15, 0.2) is 29.8 Å². The van der Waals surface area contributed by atoms with Gasteiger partial charge >= 0.3 is 5.97 Å².